The molecule has 0 fully saturated rings. The second-order valence-corrected chi connectivity index (χ2v) is 12.6. The molecule has 5 aliphatic rings. The molecule has 0 radical (unpaired) electrons. The second kappa shape index (κ2) is 10.2. The van der Waals surface area contributed by atoms with Gasteiger partial charge in [-0.2, -0.15) is 0 Å². The topological polar surface area (TPSA) is 65.4 Å². The number of aliphatic imine (C=N–C) groups is 2. The Bertz CT molecular complexity index is 2390. The maximum Gasteiger partial charge on any atom is 0.116 e. The molecular formula is C42H29N5. The summed E-state index contributed by atoms with van der Waals surface area (Å²) < 4.78 is 0. The molecule has 5 nitrogen and oxygen atoms in total. The molecule has 47 heavy (non-hydrogen) atoms. The van der Waals surface area contributed by atoms with Crippen LogP contribution in [0, 0.1) is 0 Å². The van der Waals surface area contributed by atoms with E-state index < -0.39 is 0 Å². The molecule has 3 unspecified atom stereocenters. The largest absolute Gasteiger partial charge is 0.373 e. The van der Waals surface area contributed by atoms with E-state index in [2.05, 4.69) is 144 Å². The van der Waals surface area contributed by atoms with E-state index in [9.17, 15) is 0 Å². The van der Waals surface area contributed by atoms with Crippen molar-refractivity contribution in [2.24, 2.45) is 9.98 Å². The van der Waals surface area contributed by atoms with Crippen LogP contribution in [0.2, 0.25) is 0 Å². The van der Waals surface area contributed by atoms with Crippen molar-refractivity contribution in [1.29, 1.82) is 0 Å². The molecule has 0 amide bonds. The predicted octanol–water partition coefficient (Wildman–Crippen LogP) is 9.19. The van der Waals surface area contributed by atoms with Gasteiger partial charge in [-0.05, 0) is 69.3 Å². The van der Waals surface area contributed by atoms with E-state index in [4.69, 9.17) is 15.0 Å². The third kappa shape index (κ3) is 4.35. The van der Waals surface area contributed by atoms with E-state index in [1.807, 2.05) is 12.4 Å². The van der Waals surface area contributed by atoms with Gasteiger partial charge in [-0.3, -0.25) is 9.98 Å². The number of aromatic nitrogens is 2. The van der Waals surface area contributed by atoms with Gasteiger partial charge in [0.05, 0.1) is 34.7 Å². The lowest BCUT2D eigenvalue weighted by Crippen LogP contribution is -2.27. The van der Waals surface area contributed by atoms with E-state index >= 15 is 0 Å². The number of hydrogen-bond donors (Lipinski definition) is 2. The van der Waals surface area contributed by atoms with Crippen molar-refractivity contribution < 1.29 is 0 Å². The SMILES string of the molecule is C1=CC2=CC(C3C=Cc4ccc(-c5ccc6ccc(-c7ccc(C8=C9C=Cc%10cc[nH]c%10C9N=C8)cc7)cc6n5)cc4N3)=NC2C=C1. The van der Waals surface area contributed by atoms with Gasteiger partial charge < -0.3 is 10.3 Å². The first-order valence-electron chi connectivity index (χ1n) is 16.1. The molecule has 2 aromatic heterocycles. The lowest BCUT2D eigenvalue weighted by Gasteiger charge is -2.22. The number of allylic oxidation sites excluding steroid dienone is 3. The fourth-order valence-corrected chi connectivity index (χ4v) is 7.27. The van der Waals surface area contributed by atoms with Crippen LogP contribution < -0.4 is 5.32 Å². The smallest absolute Gasteiger partial charge is 0.116 e. The number of benzene rings is 3. The molecule has 2 aliphatic carbocycles. The van der Waals surface area contributed by atoms with Gasteiger partial charge in [-0.15, -0.1) is 0 Å². The molecule has 0 saturated heterocycles. The van der Waals surface area contributed by atoms with Crippen LogP contribution in [0.5, 0.6) is 0 Å². The van der Waals surface area contributed by atoms with Gasteiger partial charge in [0.15, 0.2) is 0 Å². The standard InChI is InChI=1S/C42H29N5/c1-2-4-35-31(3-1)23-40(46-35)37-18-15-28-10-12-32(22-39(28)47-37)36-17-14-27-9-11-30(21-38(27)45-36)25-5-7-26(8-6-25)34-24-44-42-33(34)16-13-29-19-20-43-41(29)42/h1-24,35,37,42-43,47H. The molecule has 3 aromatic carbocycles. The minimum absolute atomic E-state index is 0.0431. The third-order valence-electron chi connectivity index (χ3n) is 9.79. The third-order valence-corrected chi connectivity index (χ3v) is 9.79. The van der Waals surface area contributed by atoms with Crippen LogP contribution in [0.3, 0.4) is 0 Å². The normalized spacial score (nSPS) is 21.3. The Kier molecular flexibility index (Phi) is 5.70. The molecule has 0 spiro atoms. The van der Waals surface area contributed by atoms with Crippen molar-refractivity contribution in [3.63, 3.8) is 0 Å². The molecule has 3 aliphatic heterocycles. The van der Waals surface area contributed by atoms with E-state index in [-0.39, 0.29) is 18.1 Å². The average molecular weight is 604 g/mol. The van der Waals surface area contributed by atoms with Crippen molar-refractivity contribution in [3.05, 3.63) is 161 Å². The number of aromatic amines is 1. The Balaban J connectivity index is 0.922. The summed E-state index contributed by atoms with van der Waals surface area (Å²) in [4.78, 5) is 18.3. The number of pyridine rings is 1. The molecule has 2 N–H and O–H groups in total. The van der Waals surface area contributed by atoms with E-state index in [0.29, 0.717) is 0 Å². The predicted molar refractivity (Wildman–Crippen MR) is 195 cm³/mol. The van der Waals surface area contributed by atoms with Crippen LogP contribution in [-0.4, -0.2) is 34.0 Å². The zero-order valence-electron chi connectivity index (χ0n) is 25.4. The number of nitrogens with zero attached hydrogens (tertiary/aromatic N) is 3. The fourth-order valence-electron chi connectivity index (χ4n) is 7.27. The highest BCUT2D eigenvalue weighted by atomic mass is 15.0. The van der Waals surface area contributed by atoms with Gasteiger partial charge in [-0.1, -0.05) is 103 Å². The summed E-state index contributed by atoms with van der Waals surface area (Å²) >= 11 is 0. The Morgan fingerprint density at radius 3 is 2.49 bits per heavy atom. The van der Waals surface area contributed by atoms with Gasteiger partial charge in [0, 0.05) is 34.6 Å². The van der Waals surface area contributed by atoms with Crippen molar-refractivity contribution in [2.45, 2.75) is 18.1 Å². The number of H-pyrrole nitrogens is 1. The summed E-state index contributed by atoms with van der Waals surface area (Å²) in [7, 11) is 0. The van der Waals surface area contributed by atoms with Crippen LogP contribution >= 0.6 is 0 Å². The second-order valence-electron chi connectivity index (χ2n) is 12.6. The van der Waals surface area contributed by atoms with E-state index in [1.54, 1.807) is 0 Å². The summed E-state index contributed by atoms with van der Waals surface area (Å²) in [5.41, 5.74) is 15.9. The number of anilines is 1. The Hall–Kier alpha value is -6.07. The summed E-state index contributed by atoms with van der Waals surface area (Å²) in [6.45, 7) is 0. The molecular weight excluding hydrogens is 574 g/mol. The maximum absolute atomic E-state index is 5.14. The quantitative estimate of drug-likeness (QED) is 0.215. The van der Waals surface area contributed by atoms with Gasteiger partial charge >= 0.3 is 0 Å². The van der Waals surface area contributed by atoms with Crippen LogP contribution in [0.15, 0.2) is 149 Å². The molecule has 0 bridgehead atoms. The number of fused-ring (bicyclic) bond motifs is 6. The number of rotatable bonds is 4. The van der Waals surface area contributed by atoms with Crippen LogP contribution in [0.4, 0.5) is 5.69 Å². The summed E-state index contributed by atoms with van der Waals surface area (Å²) in [5.74, 6) is 0. The van der Waals surface area contributed by atoms with Crippen molar-refractivity contribution in [3.8, 4) is 22.4 Å². The van der Waals surface area contributed by atoms with Crippen molar-refractivity contribution >= 4 is 46.2 Å². The van der Waals surface area contributed by atoms with Gasteiger partial charge in [-0.25, -0.2) is 4.98 Å². The lowest BCUT2D eigenvalue weighted by atomic mass is 9.91. The molecule has 5 aromatic rings. The van der Waals surface area contributed by atoms with Gasteiger partial charge in [0.1, 0.15) is 6.04 Å². The fraction of sp³-hybridized carbons (Fsp3) is 0.0714. The van der Waals surface area contributed by atoms with Crippen LogP contribution in [-0.2, 0) is 0 Å². The average Bonchev–Trinajstić information content (AvgIpc) is 3.89. The minimum atomic E-state index is 0.0431. The molecule has 3 atom stereocenters. The van der Waals surface area contributed by atoms with Gasteiger partial charge in [0.25, 0.3) is 0 Å². The lowest BCUT2D eigenvalue weighted by molar-refractivity contribution is 0.853. The molecule has 5 heteroatoms. The van der Waals surface area contributed by atoms with E-state index in [0.717, 1.165) is 44.7 Å². The first-order valence-corrected chi connectivity index (χ1v) is 16.1. The zero-order chi connectivity index (χ0) is 30.9. The Morgan fingerprint density at radius 2 is 1.55 bits per heavy atom. The summed E-state index contributed by atoms with van der Waals surface area (Å²) in [5, 5.41) is 4.84. The zero-order valence-corrected chi connectivity index (χ0v) is 25.4. The van der Waals surface area contributed by atoms with Gasteiger partial charge in [0.2, 0.25) is 0 Å². The van der Waals surface area contributed by atoms with Crippen molar-refractivity contribution in [2.75, 3.05) is 5.32 Å². The Labute approximate surface area is 272 Å². The highest BCUT2D eigenvalue weighted by Gasteiger charge is 2.28. The molecule has 222 valence electrons. The molecule has 0 saturated carbocycles. The van der Waals surface area contributed by atoms with Crippen LogP contribution in [0.1, 0.15) is 28.4 Å². The van der Waals surface area contributed by atoms with Crippen molar-refractivity contribution in [1.82, 2.24) is 9.97 Å². The summed E-state index contributed by atoms with van der Waals surface area (Å²) in [6, 6.07) is 28.5. The summed E-state index contributed by atoms with van der Waals surface area (Å²) in [6.07, 6.45) is 23.4. The maximum atomic E-state index is 5.14. The monoisotopic (exact) mass is 603 g/mol. The van der Waals surface area contributed by atoms with Crippen LogP contribution in [0.25, 0.3) is 51.0 Å². The minimum Gasteiger partial charge on any atom is -0.373 e. The molecule has 10 rings (SSSR count). The highest BCUT2D eigenvalue weighted by molar-refractivity contribution is 6.15. The Morgan fingerprint density at radius 1 is 0.681 bits per heavy atom. The first-order chi connectivity index (χ1) is 23.2. The number of nitrogens with one attached hydrogen (secondary N) is 2. The number of hydrogen-bond acceptors (Lipinski definition) is 4. The highest BCUT2D eigenvalue weighted by Crippen LogP contribution is 2.41. The molecule has 5 heterocycles. The first kappa shape index (κ1) is 26.2. The van der Waals surface area contributed by atoms with E-state index in [1.165, 1.54) is 39.1 Å².